The average molecular weight is 320 g/mol. The largest absolute Gasteiger partial charge is 0.491 e. The minimum absolute atomic E-state index is 0.0643. The molecule has 2 amide bonds. The number of amides is 2. The number of rotatable bonds is 8. The Labute approximate surface area is 139 Å². The third-order valence-electron chi connectivity index (χ3n) is 3.49. The van der Waals surface area contributed by atoms with Crippen LogP contribution in [0.5, 0.6) is 5.75 Å². The number of nitrogens with one attached hydrogen (secondary N) is 1. The monoisotopic (exact) mass is 320 g/mol. The Morgan fingerprint density at radius 1 is 1.17 bits per heavy atom. The first-order chi connectivity index (χ1) is 10.8. The summed E-state index contributed by atoms with van der Waals surface area (Å²) in [5.74, 6) is 0.629. The molecule has 1 atom stereocenters. The van der Waals surface area contributed by atoms with E-state index in [1.54, 1.807) is 7.05 Å². The molecular formula is C18H28N2O3. The van der Waals surface area contributed by atoms with Gasteiger partial charge in [-0.3, -0.25) is 9.59 Å². The van der Waals surface area contributed by atoms with Crippen molar-refractivity contribution in [2.24, 2.45) is 0 Å². The number of carbonyl (C=O) groups is 2. The highest BCUT2D eigenvalue weighted by molar-refractivity contribution is 5.83. The highest BCUT2D eigenvalue weighted by Gasteiger charge is 2.11. The van der Waals surface area contributed by atoms with Crippen LogP contribution in [-0.2, 0) is 16.0 Å². The second-order valence-corrected chi connectivity index (χ2v) is 6.19. The zero-order valence-electron chi connectivity index (χ0n) is 14.8. The highest BCUT2D eigenvalue weighted by Crippen LogP contribution is 2.15. The van der Waals surface area contributed by atoms with E-state index in [1.165, 1.54) is 17.4 Å². The molecule has 0 aliphatic carbocycles. The van der Waals surface area contributed by atoms with E-state index in [2.05, 4.69) is 17.4 Å². The first-order valence-corrected chi connectivity index (χ1v) is 8.04. The third kappa shape index (κ3) is 7.68. The van der Waals surface area contributed by atoms with Gasteiger partial charge in [0.05, 0.1) is 12.6 Å². The molecule has 0 unspecified atom stereocenters. The van der Waals surface area contributed by atoms with E-state index in [1.807, 2.05) is 32.9 Å². The number of benzene rings is 1. The Morgan fingerprint density at radius 2 is 1.78 bits per heavy atom. The maximum Gasteiger partial charge on any atom is 0.239 e. The highest BCUT2D eigenvalue weighted by atomic mass is 16.5. The second-order valence-electron chi connectivity index (χ2n) is 6.19. The van der Waals surface area contributed by atoms with Crippen molar-refractivity contribution in [2.45, 2.75) is 52.7 Å². The van der Waals surface area contributed by atoms with Gasteiger partial charge in [0.1, 0.15) is 5.75 Å². The molecule has 1 aromatic carbocycles. The molecule has 0 radical (unpaired) electrons. The van der Waals surface area contributed by atoms with Gasteiger partial charge in [-0.2, -0.15) is 0 Å². The van der Waals surface area contributed by atoms with Gasteiger partial charge in [-0.25, -0.2) is 0 Å². The summed E-state index contributed by atoms with van der Waals surface area (Å²) in [6.45, 7) is 7.52. The number of aryl methyl sites for hydroxylation is 1. The zero-order chi connectivity index (χ0) is 17.4. The van der Waals surface area contributed by atoms with Crippen molar-refractivity contribution < 1.29 is 14.3 Å². The predicted octanol–water partition coefficient (Wildman–Crippen LogP) is 2.39. The summed E-state index contributed by atoms with van der Waals surface area (Å²) < 4.78 is 5.61. The van der Waals surface area contributed by atoms with Crippen molar-refractivity contribution in [1.29, 1.82) is 0 Å². The fraction of sp³-hybridized carbons (Fsp3) is 0.556. The Morgan fingerprint density at radius 3 is 2.30 bits per heavy atom. The molecule has 0 aromatic heterocycles. The number of hydrogen-bond donors (Lipinski definition) is 1. The predicted molar refractivity (Wildman–Crippen MR) is 91.4 cm³/mol. The molecule has 0 heterocycles. The molecule has 0 aliphatic heterocycles. The Balaban J connectivity index is 2.36. The maximum atomic E-state index is 11.8. The van der Waals surface area contributed by atoms with Gasteiger partial charge in [0.25, 0.3) is 0 Å². The minimum Gasteiger partial charge on any atom is -0.491 e. The lowest BCUT2D eigenvalue weighted by Gasteiger charge is -2.18. The van der Waals surface area contributed by atoms with Crippen LogP contribution in [-0.4, -0.2) is 42.5 Å². The van der Waals surface area contributed by atoms with Crippen LogP contribution in [0.25, 0.3) is 0 Å². The topological polar surface area (TPSA) is 58.6 Å². The normalized spacial score (nSPS) is 11.9. The van der Waals surface area contributed by atoms with E-state index in [0.29, 0.717) is 0 Å². The fourth-order valence-electron chi connectivity index (χ4n) is 2.11. The molecule has 0 aliphatic rings. The van der Waals surface area contributed by atoms with E-state index >= 15 is 0 Å². The average Bonchev–Trinajstić information content (AvgIpc) is 2.45. The van der Waals surface area contributed by atoms with Crippen LogP contribution in [0.1, 0.15) is 39.7 Å². The van der Waals surface area contributed by atoms with Crippen LogP contribution in [0.4, 0.5) is 0 Å². The number of hydrogen-bond acceptors (Lipinski definition) is 3. The molecule has 0 saturated heterocycles. The van der Waals surface area contributed by atoms with Gasteiger partial charge in [-0.1, -0.05) is 12.1 Å². The van der Waals surface area contributed by atoms with E-state index in [4.69, 9.17) is 4.74 Å². The molecule has 0 spiro atoms. The third-order valence-corrected chi connectivity index (χ3v) is 3.49. The van der Waals surface area contributed by atoms with Crippen molar-refractivity contribution in [3.63, 3.8) is 0 Å². The van der Waals surface area contributed by atoms with E-state index in [-0.39, 0.29) is 30.5 Å². The summed E-state index contributed by atoms with van der Waals surface area (Å²) in [5, 5.41) is 2.92. The van der Waals surface area contributed by atoms with Gasteiger partial charge in [-0.05, 0) is 51.3 Å². The molecule has 5 nitrogen and oxygen atoms in total. The lowest BCUT2D eigenvalue weighted by molar-refractivity contribution is -0.133. The quantitative estimate of drug-likeness (QED) is 0.800. The van der Waals surface area contributed by atoms with Crippen LogP contribution >= 0.6 is 0 Å². The van der Waals surface area contributed by atoms with Gasteiger partial charge in [0, 0.05) is 20.0 Å². The molecule has 0 fully saturated rings. The van der Waals surface area contributed by atoms with Crippen LogP contribution in [0, 0.1) is 0 Å². The van der Waals surface area contributed by atoms with Gasteiger partial charge in [-0.15, -0.1) is 0 Å². The first-order valence-electron chi connectivity index (χ1n) is 8.04. The number of carbonyl (C=O) groups excluding carboxylic acids is 2. The van der Waals surface area contributed by atoms with Crippen molar-refractivity contribution >= 4 is 11.8 Å². The van der Waals surface area contributed by atoms with Gasteiger partial charge in [0.2, 0.25) is 11.8 Å². The molecule has 0 bridgehead atoms. The van der Waals surface area contributed by atoms with E-state index in [0.717, 1.165) is 18.6 Å². The molecule has 5 heteroatoms. The summed E-state index contributed by atoms with van der Waals surface area (Å²) in [6.07, 6.45) is 1.90. The zero-order valence-corrected chi connectivity index (χ0v) is 14.8. The molecule has 1 aromatic rings. The number of ether oxygens (including phenoxy) is 1. The summed E-state index contributed by atoms with van der Waals surface area (Å²) >= 11 is 0. The Bertz CT molecular complexity index is 512. The van der Waals surface area contributed by atoms with Crippen molar-refractivity contribution in [3.05, 3.63) is 29.8 Å². The van der Waals surface area contributed by atoms with Crippen molar-refractivity contribution in [3.8, 4) is 5.75 Å². The van der Waals surface area contributed by atoms with Crippen molar-refractivity contribution in [2.75, 3.05) is 13.6 Å². The van der Waals surface area contributed by atoms with Gasteiger partial charge in [0.15, 0.2) is 0 Å². The summed E-state index contributed by atoms with van der Waals surface area (Å²) in [6, 6.07) is 8.11. The molecule has 0 saturated carbocycles. The molecular weight excluding hydrogens is 292 g/mol. The SMILES string of the molecule is CC(=O)N(C)CC(=O)N[C@H](C)CCc1ccc(OC(C)C)cc1. The smallest absolute Gasteiger partial charge is 0.239 e. The van der Waals surface area contributed by atoms with Crippen molar-refractivity contribution in [1.82, 2.24) is 10.2 Å². The molecule has 128 valence electrons. The minimum atomic E-state index is -0.129. The van der Waals surface area contributed by atoms with Gasteiger partial charge >= 0.3 is 0 Å². The maximum absolute atomic E-state index is 11.8. The van der Waals surface area contributed by atoms with E-state index < -0.39 is 0 Å². The molecule has 1 N–H and O–H groups in total. The number of nitrogens with zero attached hydrogens (tertiary/aromatic N) is 1. The summed E-state index contributed by atoms with van der Waals surface area (Å²) in [5.41, 5.74) is 1.21. The fourth-order valence-corrected chi connectivity index (χ4v) is 2.11. The molecule has 1 rings (SSSR count). The summed E-state index contributed by atoms with van der Waals surface area (Å²) in [4.78, 5) is 24.3. The van der Waals surface area contributed by atoms with Crippen LogP contribution in [0.3, 0.4) is 0 Å². The lowest BCUT2D eigenvalue weighted by Crippen LogP contribution is -2.41. The second kappa shape index (κ2) is 9.18. The van der Waals surface area contributed by atoms with Gasteiger partial charge < -0.3 is 15.0 Å². The first kappa shape index (κ1) is 19.0. The standard InChI is InChI=1S/C18H28N2O3/c1-13(2)23-17-10-8-16(9-11-17)7-6-14(3)19-18(22)12-20(5)15(4)21/h8-11,13-14H,6-7,12H2,1-5H3,(H,19,22)/t14-/m1/s1. The van der Waals surface area contributed by atoms with E-state index in [9.17, 15) is 9.59 Å². The Kier molecular flexibility index (Phi) is 7.59. The number of likely N-dealkylation sites (N-methyl/N-ethyl adjacent to an activating group) is 1. The molecule has 23 heavy (non-hydrogen) atoms. The Hall–Kier alpha value is -2.04. The van der Waals surface area contributed by atoms with Crippen LogP contribution < -0.4 is 10.1 Å². The van der Waals surface area contributed by atoms with Crippen LogP contribution in [0.2, 0.25) is 0 Å². The summed E-state index contributed by atoms with van der Waals surface area (Å²) in [7, 11) is 1.62. The van der Waals surface area contributed by atoms with Crippen LogP contribution in [0.15, 0.2) is 24.3 Å². The lowest BCUT2D eigenvalue weighted by atomic mass is 10.1.